The van der Waals surface area contributed by atoms with Gasteiger partial charge in [-0.1, -0.05) is 13.3 Å². The zero-order valence-corrected chi connectivity index (χ0v) is 20.3. The van der Waals surface area contributed by atoms with Gasteiger partial charge in [-0.05, 0) is 124 Å². The van der Waals surface area contributed by atoms with E-state index in [0.29, 0.717) is 18.2 Å². The first-order valence-electron chi connectivity index (χ1n) is 13.5. The van der Waals surface area contributed by atoms with Crippen LogP contribution in [0.3, 0.4) is 0 Å². The summed E-state index contributed by atoms with van der Waals surface area (Å²) in [6, 6.07) is 0. The number of Topliss-reactive ketones (excluding diaryl/α,β-unsaturated/α-hetero) is 1. The van der Waals surface area contributed by atoms with Crippen molar-refractivity contribution in [3.63, 3.8) is 0 Å². The molecule has 0 saturated heterocycles. The number of aromatic nitrogens is 2. The minimum absolute atomic E-state index is 0.184. The van der Waals surface area contributed by atoms with Crippen molar-refractivity contribution >= 4 is 5.78 Å². The molecule has 1 aromatic heterocycles. The lowest BCUT2D eigenvalue weighted by atomic mass is 9.48. The molecule has 32 heavy (non-hydrogen) atoms. The van der Waals surface area contributed by atoms with Crippen LogP contribution in [0.2, 0.25) is 0 Å². The lowest BCUT2D eigenvalue weighted by Crippen LogP contribution is -2.52. The normalized spacial score (nSPS) is 49.8. The van der Waals surface area contributed by atoms with Gasteiger partial charge in [-0.2, -0.15) is 5.10 Å². The van der Waals surface area contributed by atoms with Crippen LogP contribution < -0.4 is 0 Å². The minimum Gasteiger partial charge on any atom is -0.390 e. The second kappa shape index (κ2) is 7.42. The molecule has 1 heterocycles. The lowest BCUT2D eigenvalue weighted by molar-refractivity contribution is -0.135. The van der Waals surface area contributed by atoms with Gasteiger partial charge < -0.3 is 5.11 Å². The van der Waals surface area contributed by atoms with Gasteiger partial charge >= 0.3 is 0 Å². The Balaban J connectivity index is 1.28. The van der Waals surface area contributed by atoms with Crippen molar-refractivity contribution in [2.45, 2.75) is 97.1 Å². The quantitative estimate of drug-likeness (QED) is 0.686. The standard InChI is InChI=1S/C28H42N2O2/c1-17-14-29-30(15-17)16-24(31)26-22-6-4-5-21(22)25-23-8-7-18-13-27(2,32)11-9-19(18)20(23)10-12-28(25,26)3/h14-15,18-23,25-26,32H,4-13,16H2,1-3H3/t18?,19-,20+,21+,22-,23?,25?,26+,27+,28-/m0/s1. The highest BCUT2D eigenvalue weighted by atomic mass is 16.3. The zero-order chi connectivity index (χ0) is 22.3. The Bertz CT molecular complexity index is 890. The summed E-state index contributed by atoms with van der Waals surface area (Å²) in [4.78, 5) is 13.8. The summed E-state index contributed by atoms with van der Waals surface area (Å²) in [6.45, 7) is 7.08. The number of carbonyl (C=O) groups excluding carboxylic acids is 1. The van der Waals surface area contributed by atoms with Crippen LogP contribution in [0.1, 0.15) is 83.6 Å². The van der Waals surface area contributed by atoms with Crippen LogP contribution in [0.25, 0.3) is 0 Å². The highest BCUT2D eigenvalue weighted by Crippen LogP contribution is 2.70. The van der Waals surface area contributed by atoms with E-state index < -0.39 is 5.60 Å². The van der Waals surface area contributed by atoms with Crippen molar-refractivity contribution in [3.8, 4) is 0 Å². The average molecular weight is 439 g/mol. The molecule has 10 atom stereocenters. The molecule has 1 aromatic rings. The van der Waals surface area contributed by atoms with E-state index in [2.05, 4.69) is 25.9 Å². The zero-order valence-electron chi connectivity index (χ0n) is 20.3. The predicted octanol–water partition coefficient (Wildman–Crippen LogP) is 5.42. The number of aliphatic hydroxyl groups is 1. The Morgan fingerprint density at radius 2 is 1.78 bits per heavy atom. The molecule has 5 saturated carbocycles. The first-order valence-corrected chi connectivity index (χ1v) is 13.5. The maximum absolute atomic E-state index is 13.8. The number of ketones is 1. The van der Waals surface area contributed by atoms with Crippen LogP contribution in [0, 0.1) is 59.7 Å². The third-order valence-electron chi connectivity index (χ3n) is 11.2. The van der Waals surface area contributed by atoms with Crippen LogP contribution in [0.5, 0.6) is 0 Å². The molecule has 0 aliphatic heterocycles. The molecule has 0 aromatic carbocycles. The fourth-order valence-electron chi connectivity index (χ4n) is 10.3. The summed E-state index contributed by atoms with van der Waals surface area (Å²) in [5.41, 5.74) is 0.878. The molecule has 5 aliphatic rings. The van der Waals surface area contributed by atoms with Crippen molar-refractivity contribution < 1.29 is 9.90 Å². The molecule has 176 valence electrons. The van der Waals surface area contributed by atoms with E-state index in [1.165, 1.54) is 51.4 Å². The Morgan fingerprint density at radius 1 is 1.03 bits per heavy atom. The van der Waals surface area contributed by atoms with Crippen LogP contribution in [0.4, 0.5) is 0 Å². The Hall–Kier alpha value is -1.16. The van der Waals surface area contributed by atoms with Gasteiger partial charge in [-0.3, -0.25) is 9.48 Å². The third kappa shape index (κ3) is 3.18. The molecular formula is C28H42N2O2. The van der Waals surface area contributed by atoms with Gasteiger partial charge in [-0.15, -0.1) is 0 Å². The van der Waals surface area contributed by atoms with Crippen molar-refractivity contribution in [1.29, 1.82) is 0 Å². The van der Waals surface area contributed by atoms with Gasteiger partial charge in [0.15, 0.2) is 5.78 Å². The summed E-state index contributed by atoms with van der Waals surface area (Å²) in [7, 11) is 0. The van der Waals surface area contributed by atoms with Gasteiger partial charge in [0.1, 0.15) is 0 Å². The second-order valence-electron chi connectivity index (χ2n) is 13.1. The van der Waals surface area contributed by atoms with Crippen molar-refractivity contribution in [2.75, 3.05) is 0 Å². The maximum atomic E-state index is 13.8. The highest BCUT2D eigenvalue weighted by Gasteiger charge is 2.65. The molecule has 1 N–H and O–H groups in total. The SMILES string of the molecule is Cc1cnn(CC(=O)[C@H]2[C@H]3CCC[C@H]3C3C4CCC5C[C@](C)(O)CC[C@@H]5[C@H]4CC[C@@]32C)c1. The molecule has 0 spiro atoms. The molecule has 0 amide bonds. The molecular weight excluding hydrogens is 396 g/mol. The fraction of sp³-hybridized carbons (Fsp3) is 0.857. The Morgan fingerprint density at radius 3 is 2.56 bits per heavy atom. The number of rotatable bonds is 3. The van der Waals surface area contributed by atoms with Crippen molar-refractivity contribution in [2.24, 2.45) is 52.8 Å². The summed E-state index contributed by atoms with van der Waals surface area (Å²) in [5.74, 6) is 6.00. The number of carbonyl (C=O) groups is 1. The Labute approximate surface area is 193 Å². The molecule has 4 heteroatoms. The summed E-state index contributed by atoms with van der Waals surface area (Å²) in [5, 5.41) is 15.1. The number of aryl methyl sites for hydroxylation is 1. The monoisotopic (exact) mass is 438 g/mol. The first kappa shape index (κ1) is 21.4. The van der Waals surface area contributed by atoms with E-state index in [9.17, 15) is 9.90 Å². The number of nitrogens with zero attached hydrogens (tertiary/aromatic N) is 2. The number of hydrogen-bond acceptors (Lipinski definition) is 3. The van der Waals surface area contributed by atoms with E-state index in [1.54, 1.807) is 0 Å². The fourth-order valence-corrected chi connectivity index (χ4v) is 10.3. The van der Waals surface area contributed by atoms with Gasteiger partial charge in [0.05, 0.1) is 18.3 Å². The lowest BCUT2D eigenvalue weighted by Gasteiger charge is -2.57. The van der Waals surface area contributed by atoms with E-state index in [1.807, 2.05) is 17.1 Å². The Kier molecular flexibility index (Phi) is 4.96. The van der Waals surface area contributed by atoms with Crippen molar-refractivity contribution in [1.82, 2.24) is 9.78 Å². The highest BCUT2D eigenvalue weighted by molar-refractivity contribution is 5.82. The van der Waals surface area contributed by atoms with Gasteiger partial charge in [0, 0.05) is 12.1 Å². The van der Waals surface area contributed by atoms with Crippen LogP contribution in [-0.4, -0.2) is 26.3 Å². The average Bonchev–Trinajstić information content (AvgIpc) is 3.40. The molecule has 6 rings (SSSR count). The third-order valence-corrected chi connectivity index (χ3v) is 11.2. The molecule has 4 nitrogen and oxygen atoms in total. The van der Waals surface area contributed by atoms with E-state index in [4.69, 9.17) is 0 Å². The molecule has 0 bridgehead atoms. The van der Waals surface area contributed by atoms with E-state index in [0.717, 1.165) is 53.9 Å². The number of hydrogen-bond donors (Lipinski definition) is 1. The molecule has 5 fully saturated rings. The van der Waals surface area contributed by atoms with Crippen LogP contribution in [0.15, 0.2) is 12.4 Å². The maximum Gasteiger partial charge on any atom is 0.158 e. The smallest absolute Gasteiger partial charge is 0.158 e. The summed E-state index contributed by atoms with van der Waals surface area (Å²) >= 11 is 0. The summed E-state index contributed by atoms with van der Waals surface area (Å²) < 4.78 is 1.88. The van der Waals surface area contributed by atoms with E-state index in [-0.39, 0.29) is 11.3 Å². The molecule has 0 radical (unpaired) electrons. The predicted molar refractivity (Wildman–Crippen MR) is 125 cm³/mol. The molecule has 3 unspecified atom stereocenters. The first-order chi connectivity index (χ1) is 15.3. The summed E-state index contributed by atoms with van der Waals surface area (Å²) in [6.07, 6.45) is 16.2. The molecule has 5 aliphatic carbocycles. The second-order valence-corrected chi connectivity index (χ2v) is 13.1. The van der Waals surface area contributed by atoms with E-state index >= 15 is 0 Å². The van der Waals surface area contributed by atoms with Crippen LogP contribution >= 0.6 is 0 Å². The van der Waals surface area contributed by atoms with Crippen LogP contribution in [-0.2, 0) is 11.3 Å². The van der Waals surface area contributed by atoms with Gasteiger partial charge in [0.25, 0.3) is 0 Å². The minimum atomic E-state index is -0.441. The van der Waals surface area contributed by atoms with Gasteiger partial charge in [0.2, 0.25) is 0 Å². The van der Waals surface area contributed by atoms with Crippen molar-refractivity contribution in [3.05, 3.63) is 18.0 Å². The topological polar surface area (TPSA) is 55.1 Å². The van der Waals surface area contributed by atoms with Gasteiger partial charge in [-0.25, -0.2) is 0 Å². The number of fused-ring (bicyclic) bond motifs is 7. The largest absolute Gasteiger partial charge is 0.390 e.